The minimum Gasteiger partial charge on any atom is -0.444 e. The Kier molecular flexibility index (Phi) is 6.07. The van der Waals surface area contributed by atoms with Crippen LogP contribution in [0.5, 0.6) is 0 Å². The van der Waals surface area contributed by atoms with Crippen LogP contribution >= 0.6 is 0 Å². The van der Waals surface area contributed by atoms with E-state index in [2.05, 4.69) is 33.9 Å². The van der Waals surface area contributed by atoms with E-state index in [0.29, 0.717) is 13.0 Å². The van der Waals surface area contributed by atoms with Crippen molar-refractivity contribution in [2.75, 3.05) is 6.54 Å². The fourth-order valence-corrected chi connectivity index (χ4v) is 3.74. The van der Waals surface area contributed by atoms with Gasteiger partial charge in [-0.1, -0.05) is 20.8 Å². The van der Waals surface area contributed by atoms with Crippen LogP contribution < -0.4 is 0 Å². The zero-order chi connectivity index (χ0) is 18.1. The molecule has 5 nitrogen and oxygen atoms in total. The first-order valence-corrected chi connectivity index (χ1v) is 11.3. The van der Waals surface area contributed by atoms with E-state index in [0.717, 1.165) is 12.7 Å². The predicted octanol–water partition coefficient (Wildman–Crippen LogP) is 3.98. The summed E-state index contributed by atoms with van der Waals surface area (Å²) in [5, 5.41) is 0.131. The Balaban J connectivity index is 2.73. The van der Waals surface area contributed by atoms with Crippen molar-refractivity contribution >= 4 is 20.7 Å². The molecule has 1 rings (SSSR count). The molecule has 2 atom stereocenters. The number of hydrogen-bond acceptors (Lipinski definition) is 4. The Bertz CT molecular complexity index is 437. The lowest BCUT2D eigenvalue weighted by atomic mass is 10.0. The first kappa shape index (κ1) is 20.2. The van der Waals surface area contributed by atoms with Gasteiger partial charge in [0.25, 0.3) is 0 Å². The number of carbonyl (C=O) groups excluding carboxylic acids is 2. The molecule has 0 saturated carbocycles. The fraction of sp³-hybridized carbons (Fsp3) is 0.882. The average molecular weight is 344 g/mol. The molecule has 1 amide bonds. The summed E-state index contributed by atoms with van der Waals surface area (Å²) in [6, 6.07) is -0.464. The predicted molar refractivity (Wildman–Crippen MR) is 94.1 cm³/mol. The molecule has 0 aromatic carbocycles. The molecular formula is C17H33NO4Si. The number of carbonyl (C=O) groups is 2. The summed E-state index contributed by atoms with van der Waals surface area (Å²) in [6.45, 7) is 17.0. The van der Waals surface area contributed by atoms with E-state index in [4.69, 9.17) is 9.16 Å². The third-order valence-electron chi connectivity index (χ3n) is 4.65. The van der Waals surface area contributed by atoms with Crippen LogP contribution in [0.15, 0.2) is 0 Å². The van der Waals surface area contributed by atoms with E-state index in [1.165, 1.54) is 4.90 Å². The fourth-order valence-electron chi connectivity index (χ4n) is 2.34. The van der Waals surface area contributed by atoms with Gasteiger partial charge < -0.3 is 14.0 Å². The standard InChI is InChI=1S/C17H33NO4Si/c1-16(2,3)21-15(20)18-10-9-14(11-13(18)12-19)22-23(7,8)17(4,5)6/h12-14H,9-11H2,1-8H3/t13-,14?/m1/s1. The third-order valence-corrected chi connectivity index (χ3v) is 9.18. The first-order valence-electron chi connectivity index (χ1n) is 8.39. The van der Waals surface area contributed by atoms with Gasteiger partial charge in [0.05, 0.1) is 6.04 Å². The molecule has 1 aliphatic heterocycles. The molecule has 23 heavy (non-hydrogen) atoms. The number of rotatable bonds is 3. The Labute approximate surface area is 141 Å². The molecule has 1 unspecified atom stereocenters. The van der Waals surface area contributed by atoms with Gasteiger partial charge in [-0.15, -0.1) is 0 Å². The summed E-state index contributed by atoms with van der Waals surface area (Å²) >= 11 is 0. The van der Waals surface area contributed by atoms with E-state index < -0.39 is 26.1 Å². The zero-order valence-electron chi connectivity index (χ0n) is 15.9. The molecule has 1 heterocycles. The molecule has 6 heteroatoms. The summed E-state index contributed by atoms with van der Waals surface area (Å²) < 4.78 is 11.8. The SMILES string of the molecule is CC(C)(C)OC(=O)N1CCC(O[Si](C)(C)C(C)(C)C)C[C@@H]1C=O. The minimum absolute atomic E-state index is 0.0322. The van der Waals surface area contributed by atoms with Crippen molar-refractivity contribution in [3.63, 3.8) is 0 Å². The largest absolute Gasteiger partial charge is 0.444 e. The van der Waals surface area contributed by atoms with Crippen LogP contribution in [0.1, 0.15) is 54.4 Å². The first-order chi connectivity index (χ1) is 10.3. The smallest absolute Gasteiger partial charge is 0.410 e. The van der Waals surface area contributed by atoms with Gasteiger partial charge in [0.1, 0.15) is 11.9 Å². The van der Waals surface area contributed by atoms with Crippen LogP contribution in [0.2, 0.25) is 18.1 Å². The summed E-state index contributed by atoms with van der Waals surface area (Å²) in [5.41, 5.74) is -0.557. The number of likely N-dealkylation sites (tertiary alicyclic amines) is 1. The van der Waals surface area contributed by atoms with Crippen molar-refractivity contribution in [2.45, 2.75) is 90.3 Å². The van der Waals surface area contributed by atoms with Crippen LogP contribution in [0.25, 0.3) is 0 Å². The van der Waals surface area contributed by atoms with E-state index in [1.807, 2.05) is 20.8 Å². The van der Waals surface area contributed by atoms with Gasteiger partial charge >= 0.3 is 6.09 Å². The Morgan fingerprint density at radius 2 is 1.74 bits per heavy atom. The van der Waals surface area contributed by atoms with Crippen LogP contribution in [-0.4, -0.2) is 49.9 Å². The number of hydrogen-bond donors (Lipinski definition) is 0. The molecule has 1 fully saturated rings. The van der Waals surface area contributed by atoms with Crippen molar-refractivity contribution in [1.82, 2.24) is 4.90 Å². The molecule has 0 N–H and O–H groups in total. The zero-order valence-corrected chi connectivity index (χ0v) is 16.9. The number of ether oxygens (including phenoxy) is 1. The highest BCUT2D eigenvalue weighted by Crippen LogP contribution is 2.38. The second-order valence-electron chi connectivity index (χ2n) is 8.90. The van der Waals surface area contributed by atoms with Gasteiger partial charge in [-0.2, -0.15) is 0 Å². The van der Waals surface area contributed by atoms with E-state index in [-0.39, 0.29) is 11.1 Å². The second kappa shape index (κ2) is 6.93. The molecule has 134 valence electrons. The lowest BCUT2D eigenvalue weighted by Gasteiger charge is -2.43. The maximum absolute atomic E-state index is 12.2. The Morgan fingerprint density at radius 1 is 1.17 bits per heavy atom. The highest BCUT2D eigenvalue weighted by Gasteiger charge is 2.42. The quantitative estimate of drug-likeness (QED) is 0.574. The van der Waals surface area contributed by atoms with Crippen LogP contribution in [0.4, 0.5) is 4.79 Å². The van der Waals surface area contributed by atoms with Gasteiger partial charge in [-0.25, -0.2) is 4.79 Å². The molecule has 0 aromatic heterocycles. The molecule has 1 aliphatic rings. The maximum Gasteiger partial charge on any atom is 0.410 e. The van der Waals surface area contributed by atoms with E-state index in [9.17, 15) is 9.59 Å². The van der Waals surface area contributed by atoms with Crippen molar-refractivity contribution in [3.05, 3.63) is 0 Å². The van der Waals surface area contributed by atoms with E-state index in [1.54, 1.807) is 0 Å². The molecule has 0 aliphatic carbocycles. The van der Waals surface area contributed by atoms with E-state index >= 15 is 0 Å². The highest BCUT2D eigenvalue weighted by atomic mass is 28.4. The summed E-state index contributed by atoms with van der Waals surface area (Å²) in [7, 11) is -1.87. The normalized spacial score (nSPS) is 23.6. The van der Waals surface area contributed by atoms with Crippen molar-refractivity contribution < 1.29 is 18.8 Å². The van der Waals surface area contributed by atoms with Crippen molar-refractivity contribution in [2.24, 2.45) is 0 Å². The van der Waals surface area contributed by atoms with Gasteiger partial charge in [0.2, 0.25) is 0 Å². The van der Waals surface area contributed by atoms with Gasteiger partial charge in [0.15, 0.2) is 8.32 Å². The average Bonchev–Trinajstić information content (AvgIpc) is 2.34. The van der Waals surface area contributed by atoms with Crippen molar-refractivity contribution in [1.29, 1.82) is 0 Å². The second-order valence-corrected chi connectivity index (χ2v) is 13.7. The summed E-state index contributed by atoms with van der Waals surface area (Å²) in [5.74, 6) is 0. The van der Waals surface area contributed by atoms with Crippen molar-refractivity contribution in [3.8, 4) is 0 Å². The maximum atomic E-state index is 12.2. The number of piperidine rings is 1. The Morgan fingerprint density at radius 3 is 2.17 bits per heavy atom. The minimum atomic E-state index is -1.87. The van der Waals surface area contributed by atoms with Crippen LogP contribution in [-0.2, 0) is 14.0 Å². The topological polar surface area (TPSA) is 55.8 Å². The summed E-state index contributed by atoms with van der Waals surface area (Å²) in [4.78, 5) is 25.2. The summed E-state index contributed by atoms with van der Waals surface area (Å²) in [6.07, 6.45) is 1.75. The lowest BCUT2D eigenvalue weighted by molar-refractivity contribution is -0.115. The van der Waals surface area contributed by atoms with Crippen LogP contribution in [0.3, 0.4) is 0 Å². The molecule has 1 saturated heterocycles. The molecule has 0 radical (unpaired) electrons. The third kappa shape index (κ3) is 5.60. The Hall–Kier alpha value is -0.883. The van der Waals surface area contributed by atoms with Gasteiger partial charge in [-0.3, -0.25) is 4.90 Å². The number of nitrogens with zero attached hydrogens (tertiary/aromatic N) is 1. The van der Waals surface area contributed by atoms with Gasteiger partial charge in [-0.05, 0) is 51.7 Å². The number of amides is 1. The molecule has 0 aromatic rings. The highest BCUT2D eigenvalue weighted by molar-refractivity contribution is 6.74. The van der Waals surface area contributed by atoms with Crippen LogP contribution in [0, 0.1) is 0 Å². The van der Waals surface area contributed by atoms with Gasteiger partial charge in [0, 0.05) is 12.6 Å². The molecule has 0 bridgehead atoms. The molecule has 0 spiro atoms. The lowest BCUT2D eigenvalue weighted by Crippen LogP contribution is -2.53. The number of aldehydes is 1. The molecular weight excluding hydrogens is 310 g/mol. The monoisotopic (exact) mass is 343 g/mol.